The largest absolute Gasteiger partial charge is 0.465 e. The van der Waals surface area contributed by atoms with Gasteiger partial charge in [-0.05, 0) is 48.4 Å². The maximum Gasteiger partial charge on any atom is 0.337 e. The predicted octanol–water partition coefficient (Wildman–Crippen LogP) is 4.51. The van der Waals surface area contributed by atoms with E-state index in [1.807, 2.05) is 55.5 Å². The van der Waals surface area contributed by atoms with Crippen LogP contribution in [-0.4, -0.2) is 29.8 Å². The Labute approximate surface area is 186 Å². The maximum absolute atomic E-state index is 13.1. The van der Waals surface area contributed by atoms with Crippen LogP contribution in [0, 0.1) is 6.92 Å². The molecule has 0 saturated heterocycles. The van der Waals surface area contributed by atoms with Gasteiger partial charge in [0.15, 0.2) is 0 Å². The molecular weight excluding hydrogens is 404 g/mol. The van der Waals surface area contributed by atoms with Gasteiger partial charge in [-0.1, -0.05) is 48.0 Å². The number of aryl methyl sites for hydroxylation is 1. The van der Waals surface area contributed by atoms with E-state index in [1.165, 1.54) is 7.11 Å². The van der Waals surface area contributed by atoms with E-state index in [0.717, 1.165) is 16.7 Å². The smallest absolute Gasteiger partial charge is 0.337 e. The molecule has 0 unspecified atom stereocenters. The molecular formula is C26H24N2O4. The summed E-state index contributed by atoms with van der Waals surface area (Å²) >= 11 is 0. The molecule has 0 radical (unpaired) electrons. The van der Waals surface area contributed by atoms with E-state index in [4.69, 9.17) is 4.74 Å². The van der Waals surface area contributed by atoms with E-state index in [-0.39, 0.29) is 18.2 Å². The van der Waals surface area contributed by atoms with Crippen LogP contribution in [-0.2, 0) is 16.1 Å². The molecule has 6 heteroatoms. The Morgan fingerprint density at radius 1 is 1.00 bits per heavy atom. The van der Waals surface area contributed by atoms with Crippen LogP contribution in [0.25, 0.3) is 0 Å². The van der Waals surface area contributed by atoms with E-state index < -0.39 is 12.0 Å². The number of nitrogens with one attached hydrogen (secondary N) is 1. The average molecular weight is 428 g/mol. The Kier molecular flexibility index (Phi) is 6.03. The molecule has 0 spiro atoms. The van der Waals surface area contributed by atoms with Gasteiger partial charge < -0.3 is 15.0 Å². The number of fused-ring (bicyclic) bond motifs is 1. The summed E-state index contributed by atoms with van der Waals surface area (Å²) in [5, 5.41) is 2.87. The molecule has 2 amide bonds. The van der Waals surface area contributed by atoms with Crippen molar-refractivity contribution in [1.82, 2.24) is 4.90 Å². The van der Waals surface area contributed by atoms with Gasteiger partial charge in [0.25, 0.3) is 5.91 Å². The van der Waals surface area contributed by atoms with Gasteiger partial charge in [-0.2, -0.15) is 0 Å². The first-order valence-electron chi connectivity index (χ1n) is 10.4. The Morgan fingerprint density at radius 2 is 1.69 bits per heavy atom. The van der Waals surface area contributed by atoms with Crippen molar-refractivity contribution < 1.29 is 19.1 Å². The Balaban J connectivity index is 1.54. The number of carbonyl (C=O) groups excluding carboxylic acids is 3. The number of carbonyl (C=O) groups is 3. The molecule has 0 aliphatic carbocycles. The summed E-state index contributed by atoms with van der Waals surface area (Å²) in [7, 11) is 1.32. The molecule has 32 heavy (non-hydrogen) atoms. The van der Waals surface area contributed by atoms with Crippen LogP contribution in [0.5, 0.6) is 0 Å². The van der Waals surface area contributed by atoms with E-state index in [1.54, 1.807) is 29.2 Å². The SMILES string of the molecule is COC(=O)c1ccc(NC(=O)C[C@H](c2ccc(C)cc2)N2Cc3ccccc3C2=O)cc1. The molecule has 162 valence electrons. The molecule has 4 rings (SSSR count). The molecule has 1 aliphatic rings. The van der Waals surface area contributed by atoms with E-state index in [0.29, 0.717) is 23.4 Å². The van der Waals surface area contributed by atoms with Gasteiger partial charge in [-0.25, -0.2) is 4.79 Å². The fraction of sp³-hybridized carbons (Fsp3) is 0.192. The number of rotatable bonds is 6. The number of esters is 1. The van der Waals surface area contributed by atoms with Crippen molar-refractivity contribution in [2.45, 2.75) is 25.9 Å². The molecule has 0 saturated carbocycles. The van der Waals surface area contributed by atoms with Gasteiger partial charge in [-0.15, -0.1) is 0 Å². The number of hydrogen-bond donors (Lipinski definition) is 1. The predicted molar refractivity (Wildman–Crippen MR) is 121 cm³/mol. The molecule has 0 aromatic heterocycles. The Hall–Kier alpha value is -3.93. The number of anilines is 1. The lowest BCUT2D eigenvalue weighted by Gasteiger charge is -2.28. The third-order valence-corrected chi connectivity index (χ3v) is 5.66. The van der Waals surface area contributed by atoms with E-state index >= 15 is 0 Å². The highest BCUT2D eigenvalue weighted by molar-refractivity contribution is 5.99. The fourth-order valence-corrected chi connectivity index (χ4v) is 3.92. The first-order valence-corrected chi connectivity index (χ1v) is 10.4. The minimum Gasteiger partial charge on any atom is -0.465 e. The third-order valence-electron chi connectivity index (χ3n) is 5.66. The summed E-state index contributed by atoms with van der Waals surface area (Å²) in [6.45, 7) is 2.47. The zero-order valence-corrected chi connectivity index (χ0v) is 18.0. The number of methoxy groups -OCH3 is 1. The van der Waals surface area contributed by atoms with Gasteiger partial charge in [-0.3, -0.25) is 9.59 Å². The highest BCUT2D eigenvalue weighted by Gasteiger charge is 2.34. The van der Waals surface area contributed by atoms with Crippen molar-refractivity contribution in [2.24, 2.45) is 0 Å². The van der Waals surface area contributed by atoms with Crippen LogP contribution in [0.2, 0.25) is 0 Å². The number of hydrogen-bond acceptors (Lipinski definition) is 4. The van der Waals surface area contributed by atoms with Crippen molar-refractivity contribution in [1.29, 1.82) is 0 Å². The first kappa shape index (κ1) is 21.3. The lowest BCUT2D eigenvalue weighted by atomic mass is 10.00. The molecule has 0 fully saturated rings. The van der Waals surface area contributed by atoms with Crippen molar-refractivity contribution in [3.63, 3.8) is 0 Å². The number of nitrogens with zero attached hydrogens (tertiary/aromatic N) is 1. The van der Waals surface area contributed by atoms with E-state index in [9.17, 15) is 14.4 Å². The summed E-state index contributed by atoms with van der Waals surface area (Å²) in [5.74, 6) is -0.721. The summed E-state index contributed by atoms with van der Waals surface area (Å²) < 4.78 is 4.70. The van der Waals surface area contributed by atoms with Crippen LogP contribution in [0.4, 0.5) is 5.69 Å². The lowest BCUT2D eigenvalue weighted by molar-refractivity contribution is -0.117. The number of ether oxygens (including phenoxy) is 1. The molecule has 1 aliphatic heterocycles. The summed E-state index contributed by atoms with van der Waals surface area (Å²) in [6.07, 6.45) is 0.113. The van der Waals surface area contributed by atoms with Crippen LogP contribution < -0.4 is 5.32 Å². The minimum atomic E-state index is -0.436. The quantitative estimate of drug-likeness (QED) is 0.586. The highest BCUT2D eigenvalue weighted by atomic mass is 16.5. The van der Waals surface area contributed by atoms with Crippen LogP contribution in [0.15, 0.2) is 72.8 Å². The maximum atomic E-state index is 13.1. The zero-order chi connectivity index (χ0) is 22.7. The number of amides is 2. The molecule has 1 heterocycles. The Morgan fingerprint density at radius 3 is 2.34 bits per heavy atom. The normalized spacial score (nSPS) is 13.4. The summed E-state index contributed by atoms with van der Waals surface area (Å²) in [5.41, 5.74) is 4.65. The van der Waals surface area contributed by atoms with Gasteiger partial charge >= 0.3 is 5.97 Å². The van der Waals surface area contributed by atoms with Crippen LogP contribution >= 0.6 is 0 Å². The molecule has 0 bridgehead atoms. The molecule has 6 nitrogen and oxygen atoms in total. The van der Waals surface area contributed by atoms with Crippen LogP contribution in [0.3, 0.4) is 0 Å². The minimum absolute atomic E-state index is 0.0681. The summed E-state index contributed by atoms with van der Waals surface area (Å²) in [4.78, 5) is 39.4. The zero-order valence-electron chi connectivity index (χ0n) is 18.0. The van der Waals surface area contributed by atoms with Crippen molar-refractivity contribution in [3.8, 4) is 0 Å². The molecule has 3 aromatic rings. The second-order valence-corrected chi connectivity index (χ2v) is 7.84. The standard InChI is InChI=1S/C26H24N2O4/c1-17-7-9-18(10-8-17)23(28-16-20-5-3-4-6-22(20)25(28)30)15-24(29)27-21-13-11-19(12-14-21)26(31)32-2/h3-14,23H,15-16H2,1-2H3,(H,27,29)/t23-/m1/s1. The summed E-state index contributed by atoms with van der Waals surface area (Å²) in [6, 6.07) is 21.6. The number of benzene rings is 3. The van der Waals surface area contributed by atoms with Gasteiger partial charge in [0.05, 0.1) is 25.1 Å². The first-order chi connectivity index (χ1) is 15.5. The second kappa shape index (κ2) is 9.06. The molecule has 1 atom stereocenters. The molecule has 3 aromatic carbocycles. The average Bonchev–Trinajstić information content (AvgIpc) is 3.14. The third kappa shape index (κ3) is 4.39. The van der Waals surface area contributed by atoms with Crippen molar-refractivity contribution >= 4 is 23.5 Å². The second-order valence-electron chi connectivity index (χ2n) is 7.84. The van der Waals surface area contributed by atoms with Crippen molar-refractivity contribution in [3.05, 3.63) is 101 Å². The van der Waals surface area contributed by atoms with Gasteiger partial charge in [0.2, 0.25) is 5.91 Å². The van der Waals surface area contributed by atoms with Crippen LogP contribution in [0.1, 0.15) is 49.9 Å². The van der Waals surface area contributed by atoms with Gasteiger partial charge in [0, 0.05) is 17.8 Å². The Bertz CT molecular complexity index is 1150. The highest BCUT2D eigenvalue weighted by Crippen LogP contribution is 2.33. The topological polar surface area (TPSA) is 75.7 Å². The monoisotopic (exact) mass is 428 g/mol. The van der Waals surface area contributed by atoms with Crippen molar-refractivity contribution in [2.75, 3.05) is 12.4 Å². The molecule has 1 N–H and O–H groups in total. The fourth-order valence-electron chi connectivity index (χ4n) is 3.92. The van der Waals surface area contributed by atoms with Gasteiger partial charge in [0.1, 0.15) is 0 Å². The van der Waals surface area contributed by atoms with E-state index in [2.05, 4.69) is 5.32 Å². The lowest BCUT2D eigenvalue weighted by Crippen LogP contribution is -2.32.